The first-order valence-corrected chi connectivity index (χ1v) is 10.6. The maximum Gasteiger partial charge on any atom is 0.278 e. The normalized spacial score (nSPS) is 15.6. The van der Waals surface area contributed by atoms with Crippen molar-refractivity contribution < 1.29 is 22.7 Å². The average Bonchev–Trinajstić information content (AvgIpc) is 3.18. The number of carbonyl (C=O) groups is 1. The Morgan fingerprint density at radius 3 is 2.34 bits per heavy atom. The van der Waals surface area contributed by atoms with E-state index in [1.165, 1.54) is 60.3 Å². The van der Waals surface area contributed by atoms with Gasteiger partial charge in [0.25, 0.3) is 5.91 Å². The topological polar surface area (TPSA) is 41.9 Å². The number of halogens is 3. The zero-order valence-electron chi connectivity index (χ0n) is 17.5. The van der Waals surface area contributed by atoms with Crippen LogP contribution in [0.4, 0.5) is 13.2 Å². The number of ether oxygens (including phenoxy) is 1. The van der Waals surface area contributed by atoms with E-state index in [0.29, 0.717) is 27.3 Å². The van der Waals surface area contributed by atoms with Crippen molar-refractivity contribution in [1.29, 1.82) is 0 Å². The molecule has 1 aliphatic heterocycles. The fourth-order valence-corrected chi connectivity index (χ4v) is 4.77. The van der Waals surface area contributed by atoms with Crippen molar-refractivity contribution in [3.05, 3.63) is 99.9 Å². The summed E-state index contributed by atoms with van der Waals surface area (Å²) in [5, 5.41) is 5.32. The Labute approximate surface area is 187 Å². The van der Waals surface area contributed by atoms with Crippen LogP contribution in [0.1, 0.15) is 38.0 Å². The molecule has 0 radical (unpaired) electrons. The summed E-state index contributed by atoms with van der Waals surface area (Å²) < 4.78 is 47.3. The van der Waals surface area contributed by atoms with Crippen LogP contribution in [0.5, 0.6) is 5.75 Å². The minimum Gasteiger partial charge on any atom is -0.496 e. The lowest BCUT2D eigenvalue weighted by Crippen LogP contribution is -2.28. The predicted octanol–water partition coefficient (Wildman–Crippen LogP) is 5.98. The Morgan fingerprint density at radius 1 is 1.00 bits per heavy atom. The van der Waals surface area contributed by atoms with Crippen LogP contribution in [0.3, 0.4) is 0 Å². The van der Waals surface area contributed by atoms with Crippen molar-refractivity contribution in [1.82, 2.24) is 5.01 Å². The molecule has 0 aromatic heterocycles. The summed E-state index contributed by atoms with van der Waals surface area (Å²) in [6, 6.07) is 12.7. The second-order valence-electron chi connectivity index (χ2n) is 7.36. The summed E-state index contributed by atoms with van der Waals surface area (Å²) in [7, 11) is 1.40. The number of nitrogens with zero attached hydrogens (tertiary/aromatic N) is 2. The van der Waals surface area contributed by atoms with Gasteiger partial charge in [0, 0.05) is 17.2 Å². The van der Waals surface area contributed by atoms with Gasteiger partial charge < -0.3 is 4.74 Å². The second kappa shape index (κ2) is 8.70. The number of hydrogen-bond acceptors (Lipinski definition) is 4. The highest BCUT2D eigenvalue weighted by atomic mass is 32.2. The van der Waals surface area contributed by atoms with Gasteiger partial charge in [-0.1, -0.05) is 17.8 Å². The van der Waals surface area contributed by atoms with Crippen LogP contribution < -0.4 is 4.74 Å². The van der Waals surface area contributed by atoms with Gasteiger partial charge in [0.2, 0.25) is 0 Å². The number of methoxy groups -OCH3 is 1. The second-order valence-corrected chi connectivity index (χ2v) is 8.43. The van der Waals surface area contributed by atoms with Gasteiger partial charge in [0.1, 0.15) is 33.6 Å². The highest BCUT2D eigenvalue weighted by Gasteiger charge is 2.37. The van der Waals surface area contributed by atoms with Gasteiger partial charge in [0.15, 0.2) is 0 Å². The predicted molar refractivity (Wildman–Crippen MR) is 118 cm³/mol. The molecule has 0 saturated heterocycles. The monoisotopic (exact) mass is 456 g/mol. The minimum absolute atomic E-state index is 0.0913. The summed E-state index contributed by atoms with van der Waals surface area (Å²) >= 11 is 1.21. The van der Waals surface area contributed by atoms with E-state index in [4.69, 9.17) is 4.74 Å². The van der Waals surface area contributed by atoms with E-state index in [-0.39, 0.29) is 11.3 Å². The van der Waals surface area contributed by atoms with Gasteiger partial charge in [0.05, 0.1) is 12.7 Å². The third kappa shape index (κ3) is 4.10. The maximum absolute atomic E-state index is 14.8. The molecule has 1 heterocycles. The number of amides is 1. The maximum atomic E-state index is 14.8. The molecule has 0 spiro atoms. The van der Waals surface area contributed by atoms with Crippen molar-refractivity contribution >= 4 is 22.7 Å². The van der Waals surface area contributed by atoms with Crippen molar-refractivity contribution in [3.63, 3.8) is 0 Å². The van der Waals surface area contributed by atoms with E-state index in [2.05, 4.69) is 5.10 Å². The molecule has 1 unspecified atom stereocenters. The average molecular weight is 456 g/mol. The lowest BCUT2D eigenvalue weighted by atomic mass is 10.0. The molecule has 4 nitrogen and oxygen atoms in total. The van der Waals surface area contributed by atoms with Gasteiger partial charge >= 0.3 is 0 Å². The van der Waals surface area contributed by atoms with E-state index in [1.807, 2.05) is 0 Å². The molecule has 8 heteroatoms. The third-order valence-electron chi connectivity index (χ3n) is 5.05. The summed E-state index contributed by atoms with van der Waals surface area (Å²) in [5.74, 6) is -1.95. The van der Waals surface area contributed by atoms with Crippen molar-refractivity contribution in [3.8, 4) is 5.75 Å². The number of thioether (sulfide) groups is 1. The molecule has 0 saturated carbocycles. The highest BCUT2D eigenvalue weighted by Crippen LogP contribution is 2.45. The molecule has 0 fully saturated rings. The number of hydrazone groups is 1. The van der Waals surface area contributed by atoms with Gasteiger partial charge in [-0.3, -0.25) is 4.79 Å². The Balaban J connectivity index is 1.82. The van der Waals surface area contributed by atoms with Crippen LogP contribution in [0, 0.1) is 31.3 Å². The summed E-state index contributed by atoms with van der Waals surface area (Å²) in [6.07, 6.45) is 0. The van der Waals surface area contributed by atoms with E-state index >= 15 is 0 Å². The first kappa shape index (κ1) is 22.0. The van der Waals surface area contributed by atoms with Gasteiger partial charge in [-0.15, -0.1) is 0 Å². The number of rotatable bonds is 4. The number of hydrogen-bond donors (Lipinski definition) is 0. The number of aryl methyl sites for hydroxylation is 2. The van der Waals surface area contributed by atoms with Crippen LogP contribution >= 0.6 is 11.8 Å². The lowest BCUT2D eigenvalue weighted by Gasteiger charge is -2.23. The molecule has 4 rings (SSSR count). The molecule has 32 heavy (non-hydrogen) atoms. The molecule has 3 aromatic carbocycles. The molecule has 3 aromatic rings. The molecule has 0 bridgehead atoms. The summed E-state index contributed by atoms with van der Waals surface area (Å²) in [6.45, 7) is 3.40. The molecule has 1 amide bonds. The smallest absolute Gasteiger partial charge is 0.278 e. The van der Waals surface area contributed by atoms with E-state index < -0.39 is 28.7 Å². The molecule has 0 aliphatic carbocycles. The van der Waals surface area contributed by atoms with Crippen molar-refractivity contribution in [2.24, 2.45) is 5.10 Å². The summed E-state index contributed by atoms with van der Waals surface area (Å²) in [4.78, 5) is 13.5. The third-order valence-corrected chi connectivity index (χ3v) is 6.27. The number of carbonyl (C=O) groups excluding carboxylic acids is 1. The van der Waals surface area contributed by atoms with Crippen LogP contribution in [0.25, 0.3) is 0 Å². The van der Waals surface area contributed by atoms with E-state index in [1.54, 1.807) is 32.0 Å². The molecule has 1 atom stereocenters. The molecular weight excluding hydrogens is 437 g/mol. The lowest BCUT2D eigenvalue weighted by molar-refractivity contribution is 0.0742. The van der Waals surface area contributed by atoms with Crippen molar-refractivity contribution in [2.75, 3.05) is 7.11 Å². The zero-order valence-corrected chi connectivity index (χ0v) is 18.3. The van der Waals surface area contributed by atoms with Crippen molar-refractivity contribution in [2.45, 2.75) is 19.2 Å². The quantitative estimate of drug-likeness (QED) is 0.485. The van der Waals surface area contributed by atoms with Crippen LogP contribution in [-0.2, 0) is 0 Å². The van der Waals surface area contributed by atoms with Crippen LogP contribution in [0.15, 0.2) is 59.7 Å². The first-order valence-electron chi connectivity index (χ1n) is 9.73. The highest BCUT2D eigenvalue weighted by molar-refractivity contribution is 8.14. The Bertz CT molecular complexity index is 1210. The summed E-state index contributed by atoms with van der Waals surface area (Å²) in [5.41, 5.74) is 2.18. The molecule has 164 valence electrons. The van der Waals surface area contributed by atoms with Gasteiger partial charge in [-0.25, -0.2) is 18.2 Å². The number of benzene rings is 3. The Morgan fingerprint density at radius 2 is 1.69 bits per heavy atom. The Kier molecular flexibility index (Phi) is 5.97. The Hall–Kier alpha value is -3.26. The SMILES string of the molecule is COc1cc(F)ccc1C1SC(c2ccc(F)cc2)=NN1C(=O)c1c(C)cc(C)cc1F. The standard InChI is InChI=1S/C24H19F3N2O2S/c1-13-10-14(2)21(19(27)11-13)23(30)29-24(18-9-8-17(26)12-20(18)31-3)32-22(28-29)15-4-6-16(25)7-5-15/h4-12,24H,1-3H3. The van der Waals surface area contributed by atoms with E-state index in [9.17, 15) is 18.0 Å². The zero-order chi connectivity index (χ0) is 23.0. The molecular formula is C24H19F3N2O2S. The molecule has 0 N–H and O–H groups in total. The van der Waals surface area contributed by atoms with Gasteiger partial charge in [-0.05, 0) is 67.4 Å². The minimum atomic E-state index is -0.738. The van der Waals surface area contributed by atoms with Gasteiger partial charge in [-0.2, -0.15) is 5.10 Å². The fraction of sp³-hybridized carbons (Fsp3) is 0.167. The molecule has 1 aliphatic rings. The largest absolute Gasteiger partial charge is 0.496 e. The van der Waals surface area contributed by atoms with Crippen LogP contribution in [0.2, 0.25) is 0 Å². The first-order chi connectivity index (χ1) is 15.3. The fourth-order valence-electron chi connectivity index (χ4n) is 3.59. The van der Waals surface area contributed by atoms with Crippen LogP contribution in [-0.4, -0.2) is 23.1 Å². The van der Waals surface area contributed by atoms with E-state index in [0.717, 1.165) is 0 Å².